The van der Waals surface area contributed by atoms with Gasteiger partial charge >= 0.3 is 0 Å². The first-order valence-electron chi connectivity index (χ1n) is 9.05. The Morgan fingerprint density at radius 3 is 2.50 bits per heavy atom. The molecule has 1 fully saturated rings. The summed E-state index contributed by atoms with van der Waals surface area (Å²) in [4.78, 5) is 27.1. The Bertz CT molecular complexity index is 891. The van der Waals surface area contributed by atoms with Gasteiger partial charge in [0, 0.05) is 25.8 Å². The average molecular weight is 381 g/mol. The van der Waals surface area contributed by atoms with Gasteiger partial charge in [-0.25, -0.2) is 0 Å². The topological polar surface area (TPSA) is 76.1 Å². The molecule has 1 amide bonds. The summed E-state index contributed by atoms with van der Waals surface area (Å²) in [6.45, 7) is 0.804. The van der Waals surface area contributed by atoms with Crippen molar-refractivity contribution in [1.29, 1.82) is 0 Å². The minimum absolute atomic E-state index is 0.0851. The highest BCUT2D eigenvalue weighted by atomic mass is 16.5. The molecular weight excluding hydrogens is 358 g/mol. The maximum absolute atomic E-state index is 12.8. The van der Waals surface area contributed by atoms with Gasteiger partial charge in [-0.1, -0.05) is 42.5 Å². The van der Waals surface area contributed by atoms with Crippen LogP contribution in [-0.2, 0) is 14.3 Å². The lowest BCUT2D eigenvalue weighted by Crippen LogP contribution is -2.31. The molecule has 146 valence electrons. The van der Waals surface area contributed by atoms with Crippen LogP contribution in [-0.4, -0.2) is 49.1 Å². The fourth-order valence-corrected chi connectivity index (χ4v) is 3.40. The van der Waals surface area contributed by atoms with Gasteiger partial charge in [0.2, 0.25) is 0 Å². The molecule has 3 rings (SSSR count). The molecule has 2 aromatic rings. The van der Waals surface area contributed by atoms with E-state index in [2.05, 4.69) is 0 Å². The Labute approximate surface area is 164 Å². The van der Waals surface area contributed by atoms with Crippen molar-refractivity contribution < 1.29 is 24.2 Å². The number of ether oxygens (including phenoxy) is 2. The van der Waals surface area contributed by atoms with E-state index in [1.807, 2.05) is 12.1 Å². The second kappa shape index (κ2) is 8.71. The predicted octanol–water partition coefficient (Wildman–Crippen LogP) is 3.15. The van der Waals surface area contributed by atoms with Crippen LogP contribution in [0.15, 0.2) is 60.2 Å². The zero-order valence-electron chi connectivity index (χ0n) is 15.9. The minimum atomic E-state index is -0.688. The van der Waals surface area contributed by atoms with Crippen molar-refractivity contribution in [3.05, 3.63) is 71.3 Å². The second-order valence-electron chi connectivity index (χ2n) is 6.48. The molecule has 6 nitrogen and oxygen atoms in total. The van der Waals surface area contributed by atoms with E-state index in [0.29, 0.717) is 36.4 Å². The van der Waals surface area contributed by atoms with Crippen molar-refractivity contribution in [3.63, 3.8) is 0 Å². The van der Waals surface area contributed by atoms with E-state index in [4.69, 9.17) is 9.47 Å². The summed E-state index contributed by atoms with van der Waals surface area (Å²) in [5.41, 5.74) is 1.28. The summed E-state index contributed by atoms with van der Waals surface area (Å²) in [7, 11) is 3.14. The quantitative estimate of drug-likeness (QED) is 0.345. The third-order valence-corrected chi connectivity index (χ3v) is 4.74. The van der Waals surface area contributed by atoms with Crippen molar-refractivity contribution >= 4 is 17.4 Å². The van der Waals surface area contributed by atoms with Crippen LogP contribution in [0.25, 0.3) is 5.76 Å². The first kappa shape index (κ1) is 19.6. The number of benzene rings is 2. The molecule has 28 heavy (non-hydrogen) atoms. The Morgan fingerprint density at radius 1 is 1.07 bits per heavy atom. The molecule has 1 N–H and O–H groups in total. The number of nitrogens with zero attached hydrogens (tertiary/aromatic N) is 1. The van der Waals surface area contributed by atoms with Crippen LogP contribution in [0.2, 0.25) is 0 Å². The number of hydrogen-bond donors (Lipinski definition) is 1. The summed E-state index contributed by atoms with van der Waals surface area (Å²) < 4.78 is 10.4. The summed E-state index contributed by atoms with van der Waals surface area (Å²) in [6.07, 6.45) is 0.579. The molecule has 1 saturated heterocycles. The first-order valence-corrected chi connectivity index (χ1v) is 9.05. The zero-order chi connectivity index (χ0) is 20.1. The van der Waals surface area contributed by atoms with E-state index in [9.17, 15) is 14.7 Å². The van der Waals surface area contributed by atoms with Gasteiger partial charge in [0.25, 0.3) is 11.7 Å². The zero-order valence-corrected chi connectivity index (χ0v) is 15.9. The summed E-state index contributed by atoms with van der Waals surface area (Å²) >= 11 is 0. The molecule has 0 aliphatic carbocycles. The molecule has 0 spiro atoms. The molecule has 0 radical (unpaired) electrons. The number of methoxy groups -OCH3 is 2. The molecule has 6 heteroatoms. The monoisotopic (exact) mass is 381 g/mol. The van der Waals surface area contributed by atoms with Crippen LogP contribution in [0, 0.1) is 0 Å². The Balaban J connectivity index is 2.12. The number of Topliss-reactive ketones (excluding diaryl/α,β-unsaturated/α-hetero) is 1. The van der Waals surface area contributed by atoms with E-state index >= 15 is 0 Å². The standard InChI is InChI=1S/C22H23NO5/c1-27-13-7-12-23-19(16-10-6-11-17(14-16)28-2)18(21(25)22(23)26)20(24)15-8-4-3-5-9-15/h3-6,8-11,14,19,24H,7,12-13H2,1-2H3/b20-18-. The molecule has 2 aromatic carbocycles. The third kappa shape index (κ3) is 3.77. The number of aliphatic hydroxyl groups is 1. The largest absolute Gasteiger partial charge is 0.507 e. The number of aliphatic hydroxyl groups excluding tert-OH is 1. The minimum Gasteiger partial charge on any atom is -0.507 e. The molecule has 1 atom stereocenters. The van der Waals surface area contributed by atoms with Crippen molar-refractivity contribution in [3.8, 4) is 5.75 Å². The van der Waals surface area contributed by atoms with E-state index in [1.54, 1.807) is 56.7 Å². The van der Waals surface area contributed by atoms with E-state index in [1.165, 1.54) is 4.90 Å². The lowest BCUT2D eigenvalue weighted by atomic mass is 9.95. The SMILES string of the molecule is COCCCN1C(=O)C(=O)/C(=C(\O)c2ccccc2)C1c1cccc(OC)c1. The van der Waals surface area contributed by atoms with E-state index < -0.39 is 17.7 Å². The van der Waals surface area contributed by atoms with Gasteiger partial charge < -0.3 is 19.5 Å². The highest BCUT2D eigenvalue weighted by Crippen LogP contribution is 2.40. The number of rotatable bonds is 7. The van der Waals surface area contributed by atoms with E-state index in [0.717, 1.165) is 0 Å². The van der Waals surface area contributed by atoms with Gasteiger partial charge in [-0.2, -0.15) is 0 Å². The molecule has 1 heterocycles. The Morgan fingerprint density at radius 2 is 1.82 bits per heavy atom. The van der Waals surface area contributed by atoms with Crippen molar-refractivity contribution in [1.82, 2.24) is 4.90 Å². The summed E-state index contributed by atoms with van der Waals surface area (Å²) in [6, 6.07) is 15.3. The smallest absolute Gasteiger partial charge is 0.295 e. The average Bonchev–Trinajstić information content (AvgIpc) is 2.99. The summed E-state index contributed by atoms with van der Waals surface area (Å²) in [5, 5.41) is 10.9. The second-order valence-corrected chi connectivity index (χ2v) is 6.48. The molecular formula is C22H23NO5. The summed E-state index contributed by atoms with van der Waals surface area (Å²) in [5.74, 6) is -0.881. The number of carbonyl (C=O) groups is 2. The van der Waals surface area contributed by atoms with Crippen molar-refractivity contribution in [2.75, 3.05) is 27.4 Å². The van der Waals surface area contributed by atoms with Gasteiger partial charge in [0.15, 0.2) is 0 Å². The number of amides is 1. The molecule has 0 bridgehead atoms. The van der Waals surface area contributed by atoms with Crippen LogP contribution in [0.1, 0.15) is 23.6 Å². The normalized spacial score (nSPS) is 18.5. The fourth-order valence-electron chi connectivity index (χ4n) is 3.40. The van der Waals surface area contributed by atoms with Gasteiger partial charge in [-0.05, 0) is 24.1 Å². The van der Waals surface area contributed by atoms with Crippen LogP contribution in [0.3, 0.4) is 0 Å². The predicted molar refractivity (Wildman–Crippen MR) is 105 cm³/mol. The lowest BCUT2D eigenvalue weighted by molar-refractivity contribution is -0.140. The maximum Gasteiger partial charge on any atom is 0.295 e. The molecule has 0 saturated carbocycles. The van der Waals surface area contributed by atoms with Crippen LogP contribution in [0.4, 0.5) is 0 Å². The highest BCUT2D eigenvalue weighted by Gasteiger charge is 2.45. The van der Waals surface area contributed by atoms with Crippen LogP contribution in [0.5, 0.6) is 5.75 Å². The van der Waals surface area contributed by atoms with Gasteiger partial charge in [-0.3, -0.25) is 9.59 Å². The number of hydrogen-bond acceptors (Lipinski definition) is 5. The van der Waals surface area contributed by atoms with Gasteiger partial charge in [0.1, 0.15) is 11.5 Å². The van der Waals surface area contributed by atoms with E-state index in [-0.39, 0.29) is 11.3 Å². The molecule has 1 unspecified atom stereocenters. The fraction of sp³-hybridized carbons (Fsp3) is 0.273. The molecule has 1 aliphatic heterocycles. The maximum atomic E-state index is 12.8. The van der Waals surface area contributed by atoms with Gasteiger partial charge in [-0.15, -0.1) is 0 Å². The lowest BCUT2D eigenvalue weighted by Gasteiger charge is -2.25. The van der Waals surface area contributed by atoms with Crippen molar-refractivity contribution in [2.45, 2.75) is 12.5 Å². The molecule has 0 aromatic heterocycles. The Hall–Kier alpha value is -3.12. The number of ketones is 1. The molecule has 1 aliphatic rings. The third-order valence-electron chi connectivity index (χ3n) is 4.74. The van der Waals surface area contributed by atoms with Gasteiger partial charge in [0.05, 0.1) is 18.7 Å². The van der Waals surface area contributed by atoms with Crippen LogP contribution < -0.4 is 4.74 Å². The Kier molecular flexibility index (Phi) is 6.11. The number of carbonyl (C=O) groups excluding carboxylic acids is 2. The first-order chi connectivity index (χ1) is 13.6. The number of likely N-dealkylation sites (tertiary alicyclic amines) is 1. The van der Waals surface area contributed by atoms with Crippen LogP contribution >= 0.6 is 0 Å². The highest BCUT2D eigenvalue weighted by molar-refractivity contribution is 6.46. The van der Waals surface area contributed by atoms with Crippen molar-refractivity contribution in [2.24, 2.45) is 0 Å².